The maximum atomic E-state index is 10.0. The standard InChI is InChI=1S/C5H10N2O/c6-4-1-5(3-8)7-2-4/h3-5,7H,1-2,6H2/t4-,5+/m0/s1. The van der Waals surface area contributed by atoms with E-state index in [1.165, 1.54) is 0 Å². The van der Waals surface area contributed by atoms with Crippen LogP contribution in [0.15, 0.2) is 0 Å². The van der Waals surface area contributed by atoms with Crippen molar-refractivity contribution >= 4 is 6.29 Å². The second-order valence-electron chi connectivity index (χ2n) is 2.15. The van der Waals surface area contributed by atoms with Crippen LogP contribution >= 0.6 is 0 Å². The molecule has 3 heteroatoms. The van der Waals surface area contributed by atoms with Crippen molar-refractivity contribution in [2.75, 3.05) is 6.54 Å². The van der Waals surface area contributed by atoms with Gasteiger partial charge in [-0.05, 0) is 6.42 Å². The van der Waals surface area contributed by atoms with Crippen LogP contribution in [0.3, 0.4) is 0 Å². The SMILES string of the molecule is N[C@@H]1CN[C@@H](C=O)C1. The Balaban J connectivity index is 2.32. The molecule has 1 heterocycles. The Morgan fingerprint density at radius 1 is 1.75 bits per heavy atom. The molecule has 0 amide bonds. The molecule has 1 aliphatic rings. The summed E-state index contributed by atoms with van der Waals surface area (Å²) < 4.78 is 0. The van der Waals surface area contributed by atoms with E-state index in [1.54, 1.807) is 0 Å². The van der Waals surface area contributed by atoms with Gasteiger partial charge < -0.3 is 15.8 Å². The van der Waals surface area contributed by atoms with E-state index in [0.29, 0.717) is 0 Å². The summed E-state index contributed by atoms with van der Waals surface area (Å²) in [6.45, 7) is 0.781. The van der Waals surface area contributed by atoms with Crippen LogP contribution in [0.2, 0.25) is 0 Å². The van der Waals surface area contributed by atoms with Gasteiger partial charge in [-0.3, -0.25) is 0 Å². The number of carbonyl (C=O) groups is 1. The Bertz CT molecular complexity index is 94.4. The van der Waals surface area contributed by atoms with Gasteiger partial charge in [-0.1, -0.05) is 0 Å². The molecule has 1 saturated heterocycles. The fourth-order valence-electron chi connectivity index (χ4n) is 0.899. The molecule has 1 rings (SSSR count). The average molecular weight is 114 g/mol. The number of nitrogens with two attached hydrogens (primary N) is 1. The zero-order valence-electron chi connectivity index (χ0n) is 4.63. The molecule has 0 unspecified atom stereocenters. The van der Waals surface area contributed by atoms with Gasteiger partial charge in [0.05, 0.1) is 6.04 Å². The first-order chi connectivity index (χ1) is 3.83. The van der Waals surface area contributed by atoms with Crippen LogP contribution in [0, 0.1) is 0 Å². The van der Waals surface area contributed by atoms with Crippen molar-refractivity contribution < 1.29 is 4.79 Å². The third kappa shape index (κ3) is 1.05. The molecule has 0 bridgehead atoms. The van der Waals surface area contributed by atoms with Gasteiger partial charge in [0.2, 0.25) is 0 Å². The molecule has 0 saturated carbocycles. The van der Waals surface area contributed by atoms with Gasteiger partial charge in [-0.15, -0.1) is 0 Å². The number of hydrogen-bond donors (Lipinski definition) is 2. The second kappa shape index (κ2) is 2.24. The predicted octanol–water partition coefficient (Wildman–Crippen LogP) is -1.13. The zero-order valence-corrected chi connectivity index (χ0v) is 4.63. The molecule has 0 aromatic heterocycles. The highest BCUT2D eigenvalue weighted by Gasteiger charge is 2.19. The molecule has 1 fully saturated rings. The highest BCUT2D eigenvalue weighted by molar-refractivity contribution is 5.58. The molecule has 1 aliphatic heterocycles. The number of hydrogen-bond acceptors (Lipinski definition) is 3. The molecule has 0 aliphatic carbocycles. The maximum Gasteiger partial charge on any atom is 0.136 e. The summed E-state index contributed by atoms with van der Waals surface area (Å²) in [7, 11) is 0. The van der Waals surface area contributed by atoms with Crippen molar-refractivity contribution in [3.63, 3.8) is 0 Å². The summed E-state index contributed by atoms with van der Waals surface area (Å²) in [5.41, 5.74) is 5.48. The monoisotopic (exact) mass is 114 g/mol. The lowest BCUT2D eigenvalue weighted by atomic mass is 10.2. The van der Waals surface area contributed by atoms with Crippen molar-refractivity contribution in [3.8, 4) is 0 Å². The van der Waals surface area contributed by atoms with Gasteiger partial charge in [-0.2, -0.15) is 0 Å². The summed E-state index contributed by atoms with van der Waals surface area (Å²) in [6, 6.07) is 0.204. The highest BCUT2D eigenvalue weighted by Crippen LogP contribution is 1.99. The fraction of sp³-hybridized carbons (Fsp3) is 0.800. The average Bonchev–Trinajstić information content (AvgIpc) is 2.14. The van der Waals surface area contributed by atoms with E-state index in [-0.39, 0.29) is 12.1 Å². The van der Waals surface area contributed by atoms with E-state index in [1.807, 2.05) is 0 Å². The Hall–Kier alpha value is -0.410. The molecule has 0 aromatic rings. The van der Waals surface area contributed by atoms with Crippen molar-refractivity contribution in [1.82, 2.24) is 5.32 Å². The lowest BCUT2D eigenvalue weighted by Crippen LogP contribution is -2.23. The van der Waals surface area contributed by atoms with Crippen molar-refractivity contribution in [2.45, 2.75) is 18.5 Å². The van der Waals surface area contributed by atoms with E-state index in [2.05, 4.69) is 5.32 Å². The van der Waals surface area contributed by atoms with Crippen molar-refractivity contribution in [2.24, 2.45) is 5.73 Å². The number of aldehydes is 1. The number of carbonyl (C=O) groups excluding carboxylic acids is 1. The first-order valence-electron chi connectivity index (χ1n) is 2.77. The van der Waals surface area contributed by atoms with Crippen LogP contribution in [0.4, 0.5) is 0 Å². The topological polar surface area (TPSA) is 55.1 Å². The Morgan fingerprint density at radius 3 is 2.75 bits per heavy atom. The van der Waals surface area contributed by atoms with Crippen LogP contribution in [-0.4, -0.2) is 24.9 Å². The largest absolute Gasteiger partial charge is 0.326 e. The minimum absolute atomic E-state index is 0.0185. The second-order valence-corrected chi connectivity index (χ2v) is 2.15. The number of rotatable bonds is 1. The molecule has 8 heavy (non-hydrogen) atoms. The van der Waals surface area contributed by atoms with Crippen molar-refractivity contribution in [3.05, 3.63) is 0 Å². The maximum absolute atomic E-state index is 10.0. The van der Waals surface area contributed by atoms with Gasteiger partial charge >= 0.3 is 0 Å². The van der Waals surface area contributed by atoms with Gasteiger partial charge in [0.1, 0.15) is 6.29 Å². The van der Waals surface area contributed by atoms with E-state index in [4.69, 9.17) is 5.73 Å². The van der Waals surface area contributed by atoms with E-state index in [9.17, 15) is 4.79 Å². The summed E-state index contributed by atoms with van der Waals surface area (Å²) in [4.78, 5) is 10.0. The molecular formula is C5H10N2O. The van der Waals surface area contributed by atoms with E-state index in [0.717, 1.165) is 19.3 Å². The lowest BCUT2D eigenvalue weighted by molar-refractivity contribution is -0.109. The normalized spacial score (nSPS) is 37.6. The Kier molecular flexibility index (Phi) is 1.60. The summed E-state index contributed by atoms with van der Waals surface area (Å²) in [5.74, 6) is 0. The third-order valence-electron chi connectivity index (χ3n) is 1.36. The van der Waals surface area contributed by atoms with Crippen LogP contribution in [0.1, 0.15) is 6.42 Å². The van der Waals surface area contributed by atoms with Crippen molar-refractivity contribution in [1.29, 1.82) is 0 Å². The van der Waals surface area contributed by atoms with Crippen LogP contribution in [0.5, 0.6) is 0 Å². The van der Waals surface area contributed by atoms with Gasteiger partial charge in [0.25, 0.3) is 0 Å². The fourth-order valence-corrected chi connectivity index (χ4v) is 0.899. The van der Waals surface area contributed by atoms with Gasteiger partial charge in [0, 0.05) is 12.6 Å². The first kappa shape index (κ1) is 5.72. The molecule has 0 aromatic carbocycles. The molecule has 46 valence electrons. The molecule has 0 spiro atoms. The van der Waals surface area contributed by atoms with E-state index >= 15 is 0 Å². The quantitative estimate of drug-likeness (QED) is 0.424. The minimum Gasteiger partial charge on any atom is -0.326 e. The van der Waals surface area contributed by atoms with Crippen LogP contribution < -0.4 is 11.1 Å². The molecule has 0 radical (unpaired) electrons. The molecule has 3 nitrogen and oxygen atoms in total. The third-order valence-corrected chi connectivity index (χ3v) is 1.36. The Labute approximate surface area is 48.2 Å². The first-order valence-corrected chi connectivity index (χ1v) is 2.77. The number of nitrogens with one attached hydrogen (secondary N) is 1. The van der Waals surface area contributed by atoms with Crippen LogP contribution in [-0.2, 0) is 4.79 Å². The van der Waals surface area contributed by atoms with E-state index < -0.39 is 0 Å². The predicted molar refractivity (Wildman–Crippen MR) is 30.4 cm³/mol. The molecular weight excluding hydrogens is 104 g/mol. The molecule has 2 atom stereocenters. The Morgan fingerprint density at radius 2 is 2.50 bits per heavy atom. The summed E-state index contributed by atoms with van der Waals surface area (Å²) >= 11 is 0. The minimum atomic E-state index is 0.0185. The van der Waals surface area contributed by atoms with Gasteiger partial charge in [-0.25, -0.2) is 0 Å². The van der Waals surface area contributed by atoms with Gasteiger partial charge in [0.15, 0.2) is 0 Å². The lowest BCUT2D eigenvalue weighted by Gasteiger charge is -1.95. The molecule has 3 N–H and O–H groups in total. The summed E-state index contributed by atoms with van der Waals surface area (Å²) in [6.07, 6.45) is 1.70. The smallest absolute Gasteiger partial charge is 0.136 e. The zero-order chi connectivity index (χ0) is 5.98. The highest BCUT2D eigenvalue weighted by atomic mass is 16.1. The van der Waals surface area contributed by atoms with Crippen LogP contribution in [0.25, 0.3) is 0 Å². The summed E-state index contributed by atoms with van der Waals surface area (Å²) in [5, 5.41) is 2.96.